The van der Waals surface area contributed by atoms with Crippen LogP contribution in [0.1, 0.15) is 245 Å². The van der Waals surface area contributed by atoms with E-state index in [1.54, 1.807) is 0 Å². The summed E-state index contributed by atoms with van der Waals surface area (Å²) in [6, 6.07) is 0. The second-order valence-corrected chi connectivity index (χ2v) is 17.1. The summed E-state index contributed by atoms with van der Waals surface area (Å²) in [5.41, 5.74) is 0. The Kier molecular flexibility index (Phi) is 47.9. The molecule has 0 saturated heterocycles. The second-order valence-electron chi connectivity index (χ2n) is 17.1. The van der Waals surface area contributed by atoms with Crippen LogP contribution in [0, 0.1) is 0 Å². The molecule has 0 aromatic carbocycles. The number of carbonyl (C=O) groups excluding carboxylic acids is 3. The van der Waals surface area contributed by atoms with Crippen molar-refractivity contribution >= 4 is 17.9 Å². The highest BCUT2D eigenvalue weighted by Crippen LogP contribution is 2.13. The Morgan fingerprint density at radius 3 is 1.15 bits per heavy atom. The molecule has 1 atom stereocenters. The number of esters is 3. The first-order chi connectivity index (χ1) is 30.5. The zero-order chi connectivity index (χ0) is 45.1. The normalized spacial score (nSPS) is 12.6. The molecule has 0 bridgehead atoms. The molecule has 0 radical (unpaired) electrons. The van der Waals surface area contributed by atoms with Gasteiger partial charge in [-0.2, -0.15) is 0 Å². The molecule has 0 amide bonds. The summed E-state index contributed by atoms with van der Waals surface area (Å²) in [5, 5.41) is 0. The number of carbonyl (C=O) groups is 3. The molecule has 0 N–H and O–H groups in total. The lowest BCUT2D eigenvalue weighted by Crippen LogP contribution is -2.30. The van der Waals surface area contributed by atoms with E-state index in [4.69, 9.17) is 14.2 Å². The molecule has 0 fully saturated rings. The average Bonchev–Trinajstić information content (AvgIpc) is 3.27. The van der Waals surface area contributed by atoms with Gasteiger partial charge in [-0.15, -0.1) is 0 Å². The van der Waals surface area contributed by atoms with Crippen molar-refractivity contribution in [3.8, 4) is 0 Å². The van der Waals surface area contributed by atoms with Gasteiger partial charge in [0, 0.05) is 19.3 Å². The van der Waals surface area contributed by atoms with Gasteiger partial charge in [-0.05, 0) is 96.3 Å². The van der Waals surface area contributed by atoms with Gasteiger partial charge >= 0.3 is 17.9 Å². The van der Waals surface area contributed by atoms with Crippen LogP contribution in [0.25, 0.3) is 0 Å². The molecular formula is C56H96O6. The first-order valence-electron chi connectivity index (χ1n) is 26.0. The molecule has 0 aliphatic carbocycles. The second kappa shape index (κ2) is 50.5. The minimum absolute atomic E-state index is 0.109. The number of ether oxygens (including phenoxy) is 3. The highest BCUT2D eigenvalue weighted by atomic mass is 16.6. The third-order valence-electron chi connectivity index (χ3n) is 10.9. The van der Waals surface area contributed by atoms with Crippen molar-refractivity contribution in [1.82, 2.24) is 0 Å². The van der Waals surface area contributed by atoms with Crippen molar-refractivity contribution in [2.24, 2.45) is 0 Å². The van der Waals surface area contributed by atoms with Crippen molar-refractivity contribution < 1.29 is 28.6 Å². The summed E-state index contributed by atoms with van der Waals surface area (Å²) in [5.74, 6) is -0.996. The van der Waals surface area contributed by atoms with Crippen LogP contribution < -0.4 is 0 Å². The molecule has 6 nitrogen and oxygen atoms in total. The molecule has 62 heavy (non-hydrogen) atoms. The third-order valence-corrected chi connectivity index (χ3v) is 10.9. The predicted octanol–water partition coefficient (Wildman–Crippen LogP) is 17.0. The van der Waals surface area contributed by atoms with Gasteiger partial charge in [0.2, 0.25) is 0 Å². The maximum absolute atomic E-state index is 12.8. The van der Waals surface area contributed by atoms with Crippen LogP contribution in [0.15, 0.2) is 72.9 Å². The smallest absolute Gasteiger partial charge is 0.306 e. The van der Waals surface area contributed by atoms with Crippen LogP contribution in [-0.2, 0) is 28.6 Å². The summed E-state index contributed by atoms with van der Waals surface area (Å²) in [6.45, 7) is 6.50. The maximum atomic E-state index is 12.8. The van der Waals surface area contributed by atoms with Gasteiger partial charge in [-0.3, -0.25) is 14.4 Å². The van der Waals surface area contributed by atoms with Gasteiger partial charge in [-0.25, -0.2) is 0 Å². The van der Waals surface area contributed by atoms with Gasteiger partial charge < -0.3 is 14.2 Å². The Balaban J connectivity index is 4.48. The number of unbranched alkanes of at least 4 members (excludes halogenated alkanes) is 24. The zero-order valence-corrected chi connectivity index (χ0v) is 40.6. The minimum Gasteiger partial charge on any atom is -0.462 e. The highest BCUT2D eigenvalue weighted by molar-refractivity contribution is 5.71. The Labute approximate surface area is 382 Å². The van der Waals surface area contributed by atoms with Crippen LogP contribution >= 0.6 is 0 Å². The molecule has 6 heteroatoms. The average molecular weight is 865 g/mol. The molecule has 0 aliphatic heterocycles. The van der Waals surface area contributed by atoms with E-state index in [2.05, 4.69) is 93.7 Å². The first-order valence-corrected chi connectivity index (χ1v) is 26.0. The molecule has 0 aromatic rings. The number of allylic oxidation sites excluding steroid dienone is 12. The molecule has 0 rings (SSSR count). The minimum atomic E-state index is -0.809. The molecule has 0 heterocycles. The quantitative estimate of drug-likeness (QED) is 0.0199. The van der Waals surface area contributed by atoms with Crippen LogP contribution in [-0.4, -0.2) is 37.2 Å². The Hall–Kier alpha value is -3.15. The highest BCUT2D eigenvalue weighted by Gasteiger charge is 2.19. The van der Waals surface area contributed by atoms with E-state index in [9.17, 15) is 14.4 Å². The van der Waals surface area contributed by atoms with Crippen molar-refractivity contribution in [1.29, 1.82) is 0 Å². The molecule has 1 unspecified atom stereocenters. The largest absolute Gasteiger partial charge is 0.462 e. The molecule has 0 aromatic heterocycles. The molecule has 0 saturated carbocycles. The number of hydrogen-bond donors (Lipinski definition) is 0. The lowest BCUT2D eigenvalue weighted by atomic mass is 10.1. The Bertz CT molecular complexity index is 1180. The van der Waals surface area contributed by atoms with Gasteiger partial charge in [-0.1, -0.05) is 203 Å². The van der Waals surface area contributed by atoms with Crippen LogP contribution in [0.3, 0.4) is 0 Å². The number of rotatable bonds is 46. The van der Waals surface area contributed by atoms with Crippen molar-refractivity contribution in [2.75, 3.05) is 13.2 Å². The van der Waals surface area contributed by atoms with Crippen LogP contribution in [0.5, 0.6) is 0 Å². The summed E-state index contributed by atoms with van der Waals surface area (Å²) in [6.07, 6.45) is 63.2. The zero-order valence-electron chi connectivity index (χ0n) is 40.6. The van der Waals surface area contributed by atoms with Crippen molar-refractivity contribution in [2.45, 2.75) is 252 Å². The maximum Gasteiger partial charge on any atom is 0.306 e. The van der Waals surface area contributed by atoms with E-state index in [1.807, 2.05) is 0 Å². The fraction of sp³-hybridized carbons (Fsp3) is 0.732. The molecule has 0 aliphatic rings. The summed E-state index contributed by atoms with van der Waals surface area (Å²) in [7, 11) is 0. The van der Waals surface area contributed by atoms with Crippen LogP contribution in [0.2, 0.25) is 0 Å². The summed E-state index contributed by atoms with van der Waals surface area (Å²) < 4.78 is 16.7. The molecular weight excluding hydrogens is 769 g/mol. The standard InChI is InChI=1S/C56H96O6/c1-4-7-10-13-16-19-22-24-26-28-30-31-34-37-40-43-46-49-55(58)61-52-53(51-60-54(57)48-45-42-39-36-33-21-18-15-12-9-6-3)62-56(59)50-47-44-41-38-35-32-29-27-25-23-20-17-14-11-8-5-2/h15,18,21,24,26-27,29-31,33,37,40,53H,4-14,16-17,19-20,22-23,25,28,32,34-36,38-39,41-52H2,1-3H3/b18-15-,26-24-,29-27-,31-30-,33-21-,40-37-. The van der Waals surface area contributed by atoms with Crippen molar-refractivity contribution in [3.05, 3.63) is 72.9 Å². The Morgan fingerprint density at radius 2 is 0.661 bits per heavy atom. The third kappa shape index (κ3) is 47.9. The van der Waals surface area contributed by atoms with Gasteiger partial charge in [0.1, 0.15) is 13.2 Å². The van der Waals surface area contributed by atoms with E-state index in [0.29, 0.717) is 19.3 Å². The van der Waals surface area contributed by atoms with E-state index < -0.39 is 6.10 Å². The monoisotopic (exact) mass is 865 g/mol. The van der Waals surface area contributed by atoms with Crippen molar-refractivity contribution in [3.63, 3.8) is 0 Å². The van der Waals surface area contributed by atoms with Gasteiger partial charge in [0.05, 0.1) is 0 Å². The lowest BCUT2D eigenvalue weighted by Gasteiger charge is -2.18. The first kappa shape index (κ1) is 58.9. The molecule has 0 spiro atoms. The van der Waals surface area contributed by atoms with E-state index in [-0.39, 0.29) is 37.5 Å². The van der Waals surface area contributed by atoms with E-state index in [0.717, 1.165) is 83.5 Å². The van der Waals surface area contributed by atoms with Crippen LogP contribution in [0.4, 0.5) is 0 Å². The summed E-state index contributed by atoms with van der Waals surface area (Å²) in [4.78, 5) is 37.9. The number of hydrogen-bond acceptors (Lipinski definition) is 6. The summed E-state index contributed by atoms with van der Waals surface area (Å²) >= 11 is 0. The van der Waals surface area contributed by atoms with Gasteiger partial charge in [0.15, 0.2) is 6.10 Å². The topological polar surface area (TPSA) is 78.9 Å². The SMILES string of the molecule is CCCC/C=C\C=C/CCCCCC(=O)OCC(COC(=O)CCC/C=C\C/C=C\C/C=C\CCCCCCCC)OC(=O)CCCCCCC/C=C\CCCCCCCCC. The fourth-order valence-corrected chi connectivity index (χ4v) is 6.96. The van der Waals surface area contributed by atoms with Gasteiger partial charge in [0.25, 0.3) is 0 Å². The lowest BCUT2D eigenvalue weighted by molar-refractivity contribution is -0.167. The Morgan fingerprint density at radius 1 is 0.339 bits per heavy atom. The fourth-order valence-electron chi connectivity index (χ4n) is 6.96. The van der Waals surface area contributed by atoms with E-state index in [1.165, 1.54) is 116 Å². The molecule has 356 valence electrons. The predicted molar refractivity (Wildman–Crippen MR) is 265 cm³/mol. The van der Waals surface area contributed by atoms with E-state index >= 15 is 0 Å².